The van der Waals surface area contributed by atoms with Crippen molar-refractivity contribution in [1.82, 2.24) is 4.31 Å². The summed E-state index contributed by atoms with van der Waals surface area (Å²) in [6.45, 7) is 2.02. The van der Waals surface area contributed by atoms with Gasteiger partial charge in [0.1, 0.15) is 4.90 Å². The van der Waals surface area contributed by atoms with Crippen molar-refractivity contribution in [3.05, 3.63) is 23.8 Å². The minimum atomic E-state index is -3.68. The first-order chi connectivity index (χ1) is 7.48. The number of carbonyl (C=O) groups is 1. The molecule has 1 heterocycles. The van der Waals surface area contributed by atoms with Gasteiger partial charge in [0.15, 0.2) is 0 Å². The number of fused-ring (bicyclic) bond motifs is 1. The van der Waals surface area contributed by atoms with E-state index in [0.717, 1.165) is 4.31 Å². The summed E-state index contributed by atoms with van der Waals surface area (Å²) in [7, 11) is -3.68. The van der Waals surface area contributed by atoms with Gasteiger partial charge in [-0.15, -0.1) is 0 Å². The summed E-state index contributed by atoms with van der Waals surface area (Å²) in [4.78, 5) is 11.8. The van der Waals surface area contributed by atoms with Gasteiger partial charge in [-0.25, -0.2) is 12.7 Å². The first kappa shape index (κ1) is 10.9. The zero-order valence-electron chi connectivity index (χ0n) is 8.80. The minimum Gasteiger partial charge on any atom is -0.399 e. The van der Waals surface area contributed by atoms with Crippen LogP contribution in [0.1, 0.15) is 23.7 Å². The predicted molar refractivity (Wildman–Crippen MR) is 59.4 cm³/mol. The van der Waals surface area contributed by atoms with E-state index in [2.05, 4.69) is 0 Å². The molecule has 0 unspecified atom stereocenters. The van der Waals surface area contributed by atoms with Gasteiger partial charge in [-0.2, -0.15) is 0 Å². The third-order valence-electron chi connectivity index (χ3n) is 2.46. The third kappa shape index (κ3) is 1.37. The molecule has 1 aliphatic rings. The molecule has 5 nitrogen and oxygen atoms in total. The smallest absolute Gasteiger partial charge is 0.269 e. The van der Waals surface area contributed by atoms with Crippen LogP contribution >= 0.6 is 0 Å². The van der Waals surface area contributed by atoms with Crippen LogP contribution in [0.2, 0.25) is 0 Å². The van der Waals surface area contributed by atoms with E-state index < -0.39 is 15.9 Å². The number of anilines is 1. The summed E-state index contributed by atoms with van der Waals surface area (Å²) in [6, 6.07) is 4.32. The van der Waals surface area contributed by atoms with E-state index in [9.17, 15) is 13.2 Å². The molecule has 1 aliphatic heterocycles. The van der Waals surface area contributed by atoms with Crippen molar-refractivity contribution in [2.75, 3.05) is 12.3 Å². The third-order valence-corrected chi connectivity index (χ3v) is 4.28. The molecule has 6 heteroatoms. The molecule has 0 bridgehead atoms. The van der Waals surface area contributed by atoms with Crippen LogP contribution in [-0.4, -0.2) is 25.2 Å². The molecule has 2 rings (SSSR count). The van der Waals surface area contributed by atoms with Crippen molar-refractivity contribution in [3.8, 4) is 0 Å². The molecule has 0 saturated heterocycles. The Bertz CT molecular complexity index is 551. The molecule has 0 fully saturated rings. The Morgan fingerprint density at radius 3 is 2.69 bits per heavy atom. The lowest BCUT2D eigenvalue weighted by Gasteiger charge is -2.12. The maximum Gasteiger partial charge on any atom is 0.269 e. The number of nitrogens with zero attached hydrogens (tertiary/aromatic N) is 1. The van der Waals surface area contributed by atoms with Crippen molar-refractivity contribution >= 4 is 21.6 Å². The van der Waals surface area contributed by atoms with Gasteiger partial charge in [-0.3, -0.25) is 4.79 Å². The number of nitrogen functional groups attached to an aromatic ring is 1. The summed E-state index contributed by atoms with van der Waals surface area (Å²) in [5.41, 5.74) is 6.07. The Balaban J connectivity index is 2.63. The highest BCUT2D eigenvalue weighted by Crippen LogP contribution is 2.31. The van der Waals surface area contributed by atoms with Gasteiger partial charge in [0.25, 0.3) is 15.9 Å². The van der Waals surface area contributed by atoms with Crippen LogP contribution < -0.4 is 5.73 Å². The zero-order chi connectivity index (χ0) is 11.9. The van der Waals surface area contributed by atoms with Crippen molar-refractivity contribution in [3.63, 3.8) is 0 Å². The minimum absolute atomic E-state index is 0.0194. The predicted octanol–water partition coefficient (Wildman–Crippen LogP) is 0.823. The molecule has 0 spiro atoms. The summed E-state index contributed by atoms with van der Waals surface area (Å²) >= 11 is 0. The topological polar surface area (TPSA) is 80.5 Å². The largest absolute Gasteiger partial charge is 0.399 e. The van der Waals surface area contributed by atoms with Crippen LogP contribution in [0, 0.1) is 0 Å². The summed E-state index contributed by atoms with van der Waals surface area (Å²) < 4.78 is 24.9. The molecule has 0 radical (unpaired) electrons. The van der Waals surface area contributed by atoms with E-state index in [4.69, 9.17) is 5.73 Å². The fraction of sp³-hybridized carbons (Fsp3) is 0.300. The van der Waals surface area contributed by atoms with Gasteiger partial charge < -0.3 is 5.73 Å². The second kappa shape index (κ2) is 3.48. The molecule has 0 aromatic heterocycles. The first-order valence-corrected chi connectivity index (χ1v) is 6.39. The number of amides is 1. The normalized spacial score (nSPS) is 17.6. The highest BCUT2D eigenvalue weighted by atomic mass is 32.2. The number of hydrogen-bond donors (Lipinski definition) is 1. The quantitative estimate of drug-likeness (QED) is 0.776. The second-order valence-corrected chi connectivity index (χ2v) is 5.47. The lowest BCUT2D eigenvalue weighted by Crippen LogP contribution is -2.30. The van der Waals surface area contributed by atoms with Crippen molar-refractivity contribution in [2.24, 2.45) is 0 Å². The van der Waals surface area contributed by atoms with Crippen molar-refractivity contribution in [1.29, 1.82) is 0 Å². The summed E-state index contributed by atoms with van der Waals surface area (Å²) in [5.74, 6) is -0.461. The van der Waals surface area contributed by atoms with Gasteiger partial charge in [0, 0.05) is 12.2 Å². The molecular weight excluding hydrogens is 228 g/mol. The fourth-order valence-electron chi connectivity index (χ4n) is 1.72. The molecule has 1 amide bonds. The zero-order valence-corrected chi connectivity index (χ0v) is 9.62. The van der Waals surface area contributed by atoms with E-state index in [-0.39, 0.29) is 17.0 Å². The van der Waals surface area contributed by atoms with Crippen LogP contribution in [0.3, 0.4) is 0 Å². The highest BCUT2D eigenvalue weighted by Gasteiger charge is 2.40. The molecule has 86 valence electrons. The van der Waals surface area contributed by atoms with E-state index in [1.807, 2.05) is 6.92 Å². The first-order valence-electron chi connectivity index (χ1n) is 4.95. The van der Waals surface area contributed by atoms with Crippen LogP contribution in [0.15, 0.2) is 23.1 Å². The van der Waals surface area contributed by atoms with Crippen LogP contribution in [0.4, 0.5) is 5.69 Å². The fourth-order valence-corrected chi connectivity index (χ4v) is 3.41. The van der Waals surface area contributed by atoms with Gasteiger partial charge in [0.05, 0.1) is 5.56 Å². The SMILES string of the molecule is CCCN1C(=O)c2ccc(N)cc2S1(=O)=O. The molecule has 2 N–H and O–H groups in total. The van der Waals surface area contributed by atoms with E-state index >= 15 is 0 Å². The van der Waals surface area contributed by atoms with Crippen molar-refractivity contribution < 1.29 is 13.2 Å². The Kier molecular flexibility index (Phi) is 2.38. The number of sulfonamides is 1. The maximum atomic E-state index is 12.0. The van der Waals surface area contributed by atoms with Gasteiger partial charge >= 0.3 is 0 Å². The second-order valence-electron chi connectivity index (χ2n) is 3.64. The molecular formula is C10H12N2O3S. The number of hydrogen-bond acceptors (Lipinski definition) is 4. The molecule has 1 aromatic carbocycles. The van der Waals surface area contributed by atoms with Crippen LogP contribution in [0.25, 0.3) is 0 Å². The van der Waals surface area contributed by atoms with Crippen LogP contribution in [0.5, 0.6) is 0 Å². The number of rotatable bonds is 2. The molecule has 0 saturated carbocycles. The number of carbonyl (C=O) groups excluding carboxylic acids is 1. The number of benzene rings is 1. The standard InChI is InChI=1S/C10H12N2O3S/c1-2-5-12-10(13)8-4-3-7(11)6-9(8)16(12,14)15/h3-4,6H,2,5,11H2,1H3. The monoisotopic (exact) mass is 240 g/mol. The molecule has 0 atom stereocenters. The average Bonchev–Trinajstić information content (AvgIpc) is 2.40. The highest BCUT2D eigenvalue weighted by molar-refractivity contribution is 7.90. The van der Waals surface area contributed by atoms with Crippen molar-refractivity contribution in [2.45, 2.75) is 18.2 Å². The maximum absolute atomic E-state index is 12.0. The van der Waals surface area contributed by atoms with Gasteiger partial charge in [-0.1, -0.05) is 6.92 Å². The van der Waals surface area contributed by atoms with E-state index in [0.29, 0.717) is 12.1 Å². The Morgan fingerprint density at radius 2 is 2.06 bits per heavy atom. The lowest BCUT2D eigenvalue weighted by atomic mass is 10.2. The average molecular weight is 240 g/mol. The summed E-state index contributed by atoms with van der Waals surface area (Å²) in [6.07, 6.45) is 0.592. The van der Waals surface area contributed by atoms with E-state index in [1.165, 1.54) is 18.2 Å². The van der Waals surface area contributed by atoms with Crippen LogP contribution in [-0.2, 0) is 10.0 Å². The lowest BCUT2D eigenvalue weighted by molar-refractivity contribution is 0.0871. The Hall–Kier alpha value is -1.56. The number of nitrogens with two attached hydrogens (primary N) is 1. The van der Waals surface area contributed by atoms with E-state index in [1.54, 1.807) is 0 Å². The van der Waals surface area contributed by atoms with Gasteiger partial charge in [-0.05, 0) is 24.6 Å². The molecule has 0 aliphatic carbocycles. The molecule has 16 heavy (non-hydrogen) atoms. The Labute approximate surface area is 93.9 Å². The molecule has 1 aromatic rings. The summed E-state index contributed by atoms with van der Waals surface area (Å²) in [5, 5.41) is 0. The Morgan fingerprint density at radius 1 is 1.38 bits per heavy atom. The van der Waals surface area contributed by atoms with Gasteiger partial charge in [0.2, 0.25) is 0 Å².